The number of furan rings is 1. The fourth-order valence-electron chi connectivity index (χ4n) is 2.48. The van der Waals surface area contributed by atoms with E-state index in [0.29, 0.717) is 5.56 Å². The van der Waals surface area contributed by atoms with Gasteiger partial charge in [0.1, 0.15) is 12.4 Å². The summed E-state index contributed by atoms with van der Waals surface area (Å²) in [7, 11) is 0. The van der Waals surface area contributed by atoms with E-state index in [1.54, 1.807) is 30.3 Å². The van der Waals surface area contributed by atoms with Crippen molar-refractivity contribution < 1.29 is 23.1 Å². The van der Waals surface area contributed by atoms with E-state index in [9.17, 15) is 14.0 Å². The number of nitrogens with one attached hydrogen (secondary N) is 1. The minimum absolute atomic E-state index is 0.0655. The maximum atomic E-state index is 13.7. The first-order chi connectivity index (χ1) is 11.6. The van der Waals surface area contributed by atoms with Gasteiger partial charge in [-0.3, -0.25) is 9.59 Å². The number of halogens is 1. The average Bonchev–Trinajstić information content (AvgIpc) is 3.05. The van der Waals surface area contributed by atoms with Gasteiger partial charge in [0.15, 0.2) is 5.76 Å². The Hall–Kier alpha value is -2.67. The zero-order valence-electron chi connectivity index (χ0n) is 12.9. The summed E-state index contributed by atoms with van der Waals surface area (Å²) in [6.07, 6.45) is 0.965. The van der Waals surface area contributed by atoms with Crippen LogP contribution in [0.5, 0.6) is 0 Å². The van der Waals surface area contributed by atoms with Crippen LogP contribution in [-0.2, 0) is 16.1 Å². The Morgan fingerprint density at radius 3 is 2.92 bits per heavy atom. The van der Waals surface area contributed by atoms with Gasteiger partial charge < -0.3 is 19.4 Å². The standard InChI is InChI=1S/C17H17FN2O4/c18-14-5-2-1-4-12(14)11-24-13-8-19-16(21)10-20(9-13)17(22)15-6-3-7-23-15/h1-7,13H,8-11H2,(H,19,21). The Morgan fingerprint density at radius 2 is 2.17 bits per heavy atom. The van der Waals surface area contributed by atoms with E-state index in [4.69, 9.17) is 9.15 Å². The van der Waals surface area contributed by atoms with Gasteiger partial charge in [-0.05, 0) is 18.2 Å². The van der Waals surface area contributed by atoms with Gasteiger partial charge in [-0.2, -0.15) is 0 Å². The number of carbonyl (C=O) groups is 2. The van der Waals surface area contributed by atoms with E-state index < -0.39 is 6.10 Å². The number of benzene rings is 1. The topological polar surface area (TPSA) is 71.8 Å². The Bertz CT molecular complexity index is 717. The third kappa shape index (κ3) is 3.80. The first kappa shape index (κ1) is 16.2. The molecule has 2 aromatic rings. The maximum Gasteiger partial charge on any atom is 0.290 e. The molecule has 3 rings (SSSR count). The number of carbonyl (C=O) groups excluding carboxylic acids is 2. The van der Waals surface area contributed by atoms with Crippen molar-refractivity contribution in [3.8, 4) is 0 Å². The molecule has 1 unspecified atom stereocenters. The second kappa shape index (κ2) is 7.27. The highest BCUT2D eigenvalue weighted by atomic mass is 19.1. The third-order valence-corrected chi connectivity index (χ3v) is 3.74. The van der Waals surface area contributed by atoms with E-state index in [2.05, 4.69) is 5.32 Å². The summed E-state index contributed by atoms with van der Waals surface area (Å²) < 4.78 is 24.4. The zero-order valence-corrected chi connectivity index (χ0v) is 12.9. The lowest BCUT2D eigenvalue weighted by Gasteiger charge is -2.22. The van der Waals surface area contributed by atoms with Gasteiger partial charge >= 0.3 is 0 Å². The van der Waals surface area contributed by atoms with Gasteiger partial charge in [0.05, 0.1) is 19.0 Å². The van der Waals surface area contributed by atoms with Crippen molar-refractivity contribution in [1.82, 2.24) is 10.2 Å². The van der Waals surface area contributed by atoms with Gasteiger partial charge in [0, 0.05) is 18.7 Å². The molecule has 1 aromatic carbocycles. The van der Waals surface area contributed by atoms with Crippen LogP contribution in [0.15, 0.2) is 47.1 Å². The van der Waals surface area contributed by atoms with Gasteiger partial charge in [-0.15, -0.1) is 0 Å². The summed E-state index contributed by atoms with van der Waals surface area (Å²) in [5.41, 5.74) is 0.428. The molecule has 1 aromatic heterocycles. The second-order valence-corrected chi connectivity index (χ2v) is 5.49. The van der Waals surface area contributed by atoms with E-state index in [1.807, 2.05) is 0 Å². The molecular formula is C17H17FN2O4. The maximum absolute atomic E-state index is 13.7. The zero-order chi connectivity index (χ0) is 16.9. The van der Waals surface area contributed by atoms with Gasteiger partial charge in [-0.25, -0.2) is 4.39 Å². The van der Waals surface area contributed by atoms with Crippen molar-refractivity contribution >= 4 is 11.8 Å². The lowest BCUT2D eigenvalue weighted by Crippen LogP contribution is -2.39. The highest BCUT2D eigenvalue weighted by Crippen LogP contribution is 2.12. The van der Waals surface area contributed by atoms with Crippen LogP contribution in [0.4, 0.5) is 4.39 Å². The Morgan fingerprint density at radius 1 is 1.33 bits per heavy atom. The van der Waals surface area contributed by atoms with Gasteiger partial charge in [0.25, 0.3) is 5.91 Å². The fourth-order valence-corrected chi connectivity index (χ4v) is 2.48. The molecule has 24 heavy (non-hydrogen) atoms. The first-order valence-corrected chi connectivity index (χ1v) is 7.58. The first-order valence-electron chi connectivity index (χ1n) is 7.58. The molecule has 0 saturated carbocycles. The van der Waals surface area contributed by atoms with Gasteiger partial charge in [0.2, 0.25) is 5.91 Å². The van der Waals surface area contributed by atoms with Crippen LogP contribution in [0, 0.1) is 5.82 Å². The minimum atomic E-state index is -0.435. The monoisotopic (exact) mass is 332 g/mol. The summed E-state index contributed by atoms with van der Waals surface area (Å²) >= 11 is 0. The molecule has 2 heterocycles. The predicted molar refractivity (Wildman–Crippen MR) is 82.6 cm³/mol. The molecule has 6 nitrogen and oxygen atoms in total. The lowest BCUT2D eigenvalue weighted by molar-refractivity contribution is -0.121. The Kier molecular flexibility index (Phi) is 4.90. The molecule has 1 atom stereocenters. The molecule has 0 radical (unpaired) electrons. The molecule has 1 aliphatic heterocycles. The molecule has 126 valence electrons. The van der Waals surface area contributed by atoms with E-state index >= 15 is 0 Å². The molecule has 1 N–H and O–H groups in total. The summed E-state index contributed by atoms with van der Waals surface area (Å²) in [5, 5.41) is 2.69. The van der Waals surface area contributed by atoms with Crippen LogP contribution in [-0.4, -0.2) is 42.5 Å². The quantitative estimate of drug-likeness (QED) is 0.923. The molecule has 1 saturated heterocycles. The average molecular weight is 332 g/mol. The molecule has 7 heteroatoms. The van der Waals surface area contributed by atoms with E-state index in [1.165, 1.54) is 17.2 Å². The second-order valence-electron chi connectivity index (χ2n) is 5.49. The number of rotatable bonds is 4. The minimum Gasteiger partial charge on any atom is -0.459 e. The predicted octanol–water partition coefficient (Wildman–Crippen LogP) is 1.58. The van der Waals surface area contributed by atoms with Crippen molar-refractivity contribution in [3.63, 3.8) is 0 Å². The normalized spacial score (nSPS) is 18.1. The summed E-state index contributed by atoms with van der Waals surface area (Å²) in [4.78, 5) is 25.5. The smallest absolute Gasteiger partial charge is 0.290 e. The van der Waals surface area contributed by atoms with Gasteiger partial charge in [-0.1, -0.05) is 18.2 Å². The van der Waals surface area contributed by atoms with Crippen molar-refractivity contribution in [1.29, 1.82) is 0 Å². The van der Waals surface area contributed by atoms with Crippen molar-refractivity contribution in [3.05, 3.63) is 59.8 Å². The van der Waals surface area contributed by atoms with E-state index in [0.717, 1.165) is 0 Å². The fraction of sp³-hybridized carbons (Fsp3) is 0.294. The number of hydrogen-bond donors (Lipinski definition) is 1. The largest absolute Gasteiger partial charge is 0.459 e. The van der Waals surface area contributed by atoms with Crippen LogP contribution in [0.1, 0.15) is 16.1 Å². The van der Waals surface area contributed by atoms with Crippen molar-refractivity contribution in [2.45, 2.75) is 12.7 Å². The summed E-state index contributed by atoms with van der Waals surface area (Å²) in [5.74, 6) is -0.834. The number of amides is 2. The summed E-state index contributed by atoms with van der Waals surface area (Å²) in [6, 6.07) is 9.48. The van der Waals surface area contributed by atoms with Crippen molar-refractivity contribution in [2.75, 3.05) is 19.6 Å². The third-order valence-electron chi connectivity index (χ3n) is 3.74. The van der Waals surface area contributed by atoms with E-state index in [-0.39, 0.29) is 49.6 Å². The molecule has 2 amide bonds. The molecule has 1 fully saturated rings. The number of nitrogens with zero attached hydrogens (tertiary/aromatic N) is 1. The van der Waals surface area contributed by atoms with Crippen LogP contribution in [0.25, 0.3) is 0 Å². The highest BCUT2D eigenvalue weighted by molar-refractivity contribution is 5.94. The molecule has 0 spiro atoms. The Balaban J connectivity index is 1.66. The van der Waals surface area contributed by atoms with Crippen LogP contribution < -0.4 is 5.32 Å². The Labute approximate surface area is 138 Å². The summed E-state index contributed by atoms with van der Waals surface area (Å²) in [6.45, 7) is 0.469. The van der Waals surface area contributed by atoms with Crippen molar-refractivity contribution in [2.24, 2.45) is 0 Å². The van der Waals surface area contributed by atoms with Crippen LogP contribution >= 0.6 is 0 Å². The highest BCUT2D eigenvalue weighted by Gasteiger charge is 2.28. The molecule has 1 aliphatic rings. The lowest BCUT2D eigenvalue weighted by atomic mass is 10.2. The van der Waals surface area contributed by atoms with Crippen LogP contribution in [0.3, 0.4) is 0 Å². The SMILES string of the molecule is O=C1CN(C(=O)c2ccco2)CC(OCc2ccccc2F)CN1. The number of ether oxygens (including phenoxy) is 1. The number of hydrogen-bond acceptors (Lipinski definition) is 4. The molecular weight excluding hydrogens is 315 g/mol. The molecule has 0 bridgehead atoms. The van der Waals surface area contributed by atoms with Crippen LogP contribution in [0.2, 0.25) is 0 Å². The molecule has 0 aliphatic carbocycles.